The number of thiol groups is 1. The number of amides is 2. The summed E-state index contributed by atoms with van der Waals surface area (Å²) in [7, 11) is 0. The van der Waals surface area contributed by atoms with E-state index in [9.17, 15) is 9.90 Å². The van der Waals surface area contributed by atoms with Gasteiger partial charge in [-0.1, -0.05) is 12.1 Å². The second-order valence-corrected chi connectivity index (χ2v) is 9.62. The number of piperidine rings is 1. The zero-order chi connectivity index (χ0) is 25.4. The van der Waals surface area contributed by atoms with Gasteiger partial charge < -0.3 is 30.1 Å². The summed E-state index contributed by atoms with van der Waals surface area (Å²) >= 11 is 4.50. The Bertz CT molecular complexity index is 1470. The zero-order valence-corrected chi connectivity index (χ0v) is 20.8. The molecule has 2 aliphatic rings. The largest absolute Gasteiger partial charge is 0.507 e. The molecule has 2 aliphatic heterocycles. The van der Waals surface area contributed by atoms with Gasteiger partial charge in [0.25, 0.3) is 0 Å². The van der Waals surface area contributed by atoms with Gasteiger partial charge in [-0.15, -0.1) is 12.6 Å². The number of nitrogens with zero attached hydrogens (tertiary/aromatic N) is 4. The van der Waals surface area contributed by atoms with E-state index < -0.39 is 0 Å². The number of hydrogen-bond acceptors (Lipinski definition) is 8. The predicted molar refractivity (Wildman–Crippen MR) is 142 cm³/mol. The van der Waals surface area contributed by atoms with E-state index in [1.807, 2.05) is 29.2 Å². The maximum atomic E-state index is 13.0. The van der Waals surface area contributed by atoms with Gasteiger partial charge >= 0.3 is 6.03 Å². The number of benzene rings is 2. The number of nitrogens with one attached hydrogen (secondary N) is 2. The van der Waals surface area contributed by atoms with Crippen molar-refractivity contribution in [1.82, 2.24) is 19.5 Å². The van der Waals surface area contributed by atoms with Crippen LogP contribution in [0.2, 0.25) is 0 Å². The first kappa shape index (κ1) is 23.3. The third kappa shape index (κ3) is 4.69. The normalized spacial score (nSPS) is 16.7. The lowest BCUT2D eigenvalue weighted by molar-refractivity contribution is 0.174. The summed E-state index contributed by atoms with van der Waals surface area (Å²) in [5.41, 5.74) is 2.52. The highest BCUT2D eigenvalue weighted by molar-refractivity contribution is 7.80. The molecule has 3 N–H and O–H groups in total. The van der Waals surface area contributed by atoms with Gasteiger partial charge in [-0.2, -0.15) is 9.61 Å². The Morgan fingerprint density at radius 1 is 1.16 bits per heavy atom. The number of carbonyl (C=O) groups excluding carboxylic acids is 1. The minimum absolute atomic E-state index is 0.136. The van der Waals surface area contributed by atoms with Crippen molar-refractivity contribution in [3.8, 4) is 28.5 Å². The van der Waals surface area contributed by atoms with Crippen LogP contribution >= 0.6 is 12.6 Å². The molecule has 2 aromatic heterocycles. The van der Waals surface area contributed by atoms with Crippen molar-refractivity contribution in [2.75, 3.05) is 37.1 Å². The molecule has 0 bridgehead atoms. The highest BCUT2D eigenvalue weighted by Crippen LogP contribution is 2.34. The van der Waals surface area contributed by atoms with E-state index in [0.29, 0.717) is 58.6 Å². The monoisotopic (exact) mass is 518 g/mol. The number of aromatic nitrogens is 3. The number of hydrogen-bond donors (Lipinski definition) is 4. The number of likely N-dealkylation sites (tertiary alicyclic amines) is 1. The first-order valence-corrected chi connectivity index (χ1v) is 12.6. The number of rotatable bonds is 5. The standard InChI is InChI=1S/C26H26N6O4S/c33-20-6-2-1-5-18(20)19-11-24(32-25(30-19)23(37)13-28-32)27-12-16-4-3-9-31(14-16)26(34)29-17-7-8-21-22(10-17)36-15-35-21/h1-2,5-8,10-11,13,16,27,33,37H,3-4,9,12,14-15H2,(H,29,34). The summed E-state index contributed by atoms with van der Waals surface area (Å²) in [6.07, 6.45) is 3.56. The Labute approximate surface area is 218 Å². The minimum Gasteiger partial charge on any atom is -0.507 e. The van der Waals surface area contributed by atoms with Gasteiger partial charge in [0.2, 0.25) is 6.79 Å². The molecule has 0 aliphatic carbocycles. The maximum Gasteiger partial charge on any atom is 0.321 e. The molecule has 2 amide bonds. The number of aromatic hydroxyl groups is 1. The third-order valence-electron chi connectivity index (χ3n) is 6.64. The Morgan fingerprint density at radius 2 is 2.03 bits per heavy atom. The van der Waals surface area contributed by atoms with Crippen LogP contribution in [0.4, 0.5) is 16.3 Å². The topological polar surface area (TPSA) is 113 Å². The fourth-order valence-electron chi connectivity index (χ4n) is 4.75. The van der Waals surface area contributed by atoms with Gasteiger partial charge in [0, 0.05) is 43.0 Å². The molecule has 0 saturated carbocycles. The quantitative estimate of drug-likeness (QED) is 0.288. The van der Waals surface area contributed by atoms with E-state index >= 15 is 0 Å². The summed E-state index contributed by atoms with van der Waals surface area (Å²) in [6.45, 7) is 2.17. The lowest BCUT2D eigenvalue weighted by Gasteiger charge is -2.33. The highest BCUT2D eigenvalue weighted by atomic mass is 32.1. The average Bonchev–Trinajstić information content (AvgIpc) is 3.54. The van der Waals surface area contributed by atoms with Crippen LogP contribution < -0.4 is 20.1 Å². The van der Waals surface area contributed by atoms with Crippen LogP contribution in [0.15, 0.2) is 59.6 Å². The van der Waals surface area contributed by atoms with Crippen molar-refractivity contribution >= 4 is 35.8 Å². The number of phenols is 1. The molecule has 4 aromatic rings. The van der Waals surface area contributed by atoms with E-state index in [1.54, 1.807) is 35.0 Å². The molecule has 2 aromatic carbocycles. The molecule has 11 heteroatoms. The van der Waals surface area contributed by atoms with Gasteiger partial charge in [0.15, 0.2) is 17.1 Å². The number of para-hydroxylation sites is 1. The molecular weight excluding hydrogens is 492 g/mol. The van der Waals surface area contributed by atoms with Crippen LogP contribution in [-0.2, 0) is 0 Å². The first-order valence-electron chi connectivity index (χ1n) is 12.1. The van der Waals surface area contributed by atoms with Gasteiger partial charge in [-0.25, -0.2) is 9.78 Å². The Morgan fingerprint density at radius 3 is 2.92 bits per heavy atom. The molecule has 190 valence electrons. The van der Waals surface area contributed by atoms with E-state index in [0.717, 1.165) is 18.7 Å². The van der Waals surface area contributed by atoms with Crippen molar-refractivity contribution in [3.63, 3.8) is 0 Å². The third-order valence-corrected chi connectivity index (χ3v) is 6.95. The molecule has 0 radical (unpaired) electrons. The first-order chi connectivity index (χ1) is 18.0. The summed E-state index contributed by atoms with van der Waals surface area (Å²) in [5, 5.41) is 21.2. The number of carbonyl (C=O) groups is 1. The molecule has 1 saturated heterocycles. The number of ether oxygens (including phenoxy) is 2. The summed E-state index contributed by atoms with van der Waals surface area (Å²) in [6, 6.07) is 14.2. The molecule has 10 nitrogen and oxygen atoms in total. The molecule has 1 atom stereocenters. The second-order valence-electron chi connectivity index (χ2n) is 9.14. The van der Waals surface area contributed by atoms with Gasteiger partial charge in [0.1, 0.15) is 11.6 Å². The zero-order valence-electron chi connectivity index (χ0n) is 19.9. The number of anilines is 2. The predicted octanol–water partition coefficient (Wildman–Crippen LogP) is 4.48. The average molecular weight is 519 g/mol. The van der Waals surface area contributed by atoms with Crippen LogP contribution in [0.1, 0.15) is 12.8 Å². The van der Waals surface area contributed by atoms with E-state index in [1.165, 1.54) is 0 Å². The maximum absolute atomic E-state index is 13.0. The number of phenolic OH excluding ortho intramolecular Hbond substituents is 1. The van der Waals surface area contributed by atoms with Crippen LogP contribution in [0.25, 0.3) is 16.9 Å². The van der Waals surface area contributed by atoms with Gasteiger partial charge in [-0.05, 0) is 43.0 Å². The molecule has 37 heavy (non-hydrogen) atoms. The fourth-order valence-corrected chi connectivity index (χ4v) is 4.94. The van der Waals surface area contributed by atoms with Gasteiger partial charge in [-0.3, -0.25) is 0 Å². The molecule has 4 heterocycles. The summed E-state index contributed by atoms with van der Waals surface area (Å²) in [4.78, 5) is 20.1. The lowest BCUT2D eigenvalue weighted by atomic mass is 9.98. The van der Waals surface area contributed by atoms with E-state index in [2.05, 4.69) is 33.3 Å². The Kier molecular flexibility index (Phi) is 6.13. The summed E-state index contributed by atoms with van der Waals surface area (Å²) in [5.74, 6) is 2.46. The SMILES string of the molecule is O=C(Nc1ccc2c(c1)OCO2)N1CCCC(CNc2cc(-c3ccccc3O)nc3c(S)cnn23)C1. The minimum atomic E-state index is -0.136. The molecule has 1 fully saturated rings. The van der Waals surface area contributed by atoms with Crippen molar-refractivity contribution in [1.29, 1.82) is 0 Å². The van der Waals surface area contributed by atoms with Crippen LogP contribution in [0.3, 0.4) is 0 Å². The molecule has 1 unspecified atom stereocenters. The molecule has 0 spiro atoms. The van der Waals surface area contributed by atoms with Crippen LogP contribution in [0.5, 0.6) is 17.2 Å². The number of urea groups is 1. The second kappa shape index (κ2) is 9.74. The molecular formula is C26H26N6O4S. The fraction of sp³-hybridized carbons (Fsp3) is 0.269. The van der Waals surface area contributed by atoms with Crippen molar-refractivity contribution < 1.29 is 19.4 Å². The van der Waals surface area contributed by atoms with Gasteiger partial charge in [0.05, 0.1) is 16.8 Å². The van der Waals surface area contributed by atoms with Crippen molar-refractivity contribution in [2.24, 2.45) is 5.92 Å². The number of fused-ring (bicyclic) bond motifs is 2. The molecule has 6 rings (SSSR count). The highest BCUT2D eigenvalue weighted by Gasteiger charge is 2.25. The Balaban J connectivity index is 1.15. The lowest BCUT2D eigenvalue weighted by Crippen LogP contribution is -2.44. The van der Waals surface area contributed by atoms with E-state index in [4.69, 9.17) is 9.47 Å². The van der Waals surface area contributed by atoms with Crippen LogP contribution in [0, 0.1) is 5.92 Å². The smallest absolute Gasteiger partial charge is 0.321 e. The Hall–Kier alpha value is -4.12. The van der Waals surface area contributed by atoms with Crippen molar-refractivity contribution in [2.45, 2.75) is 17.7 Å². The van der Waals surface area contributed by atoms with E-state index in [-0.39, 0.29) is 24.5 Å². The van der Waals surface area contributed by atoms with Crippen molar-refractivity contribution in [3.05, 3.63) is 54.7 Å². The van der Waals surface area contributed by atoms with Crippen LogP contribution in [-0.4, -0.2) is 57.1 Å². The summed E-state index contributed by atoms with van der Waals surface area (Å²) < 4.78 is 12.5.